The molecule has 1 aliphatic heterocycles. The Hall–Kier alpha value is -3.33. The third-order valence-electron chi connectivity index (χ3n) is 5.51. The molecule has 3 aromatic heterocycles. The number of aromatic nitrogens is 5. The molecule has 0 aromatic carbocycles. The van der Waals surface area contributed by atoms with Crippen molar-refractivity contribution in [2.24, 2.45) is 5.73 Å². The molecule has 0 fully saturated rings. The monoisotopic (exact) mass is 406 g/mol. The van der Waals surface area contributed by atoms with Crippen LogP contribution >= 0.6 is 0 Å². The number of pyridine rings is 2. The number of nitrogens with zero attached hydrogens (tertiary/aromatic N) is 7. The molecule has 0 saturated carbocycles. The van der Waals surface area contributed by atoms with Crippen molar-refractivity contribution >= 4 is 17.5 Å². The van der Waals surface area contributed by atoms with E-state index in [9.17, 15) is 4.79 Å². The van der Waals surface area contributed by atoms with Gasteiger partial charge in [-0.2, -0.15) is 0 Å². The van der Waals surface area contributed by atoms with Crippen LogP contribution in [0.15, 0.2) is 30.6 Å². The molecule has 0 spiro atoms. The first-order valence-corrected chi connectivity index (χ1v) is 10.1. The number of carbonyl (C=O) groups is 1. The van der Waals surface area contributed by atoms with Crippen molar-refractivity contribution in [2.45, 2.75) is 46.4 Å². The van der Waals surface area contributed by atoms with Gasteiger partial charge in [-0.25, -0.2) is 9.97 Å². The molecule has 3 aromatic rings. The van der Waals surface area contributed by atoms with E-state index in [2.05, 4.69) is 24.0 Å². The molecule has 9 heteroatoms. The van der Waals surface area contributed by atoms with Crippen LogP contribution in [0, 0.1) is 0 Å². The van der Waals surface area contributed by atoms with Gasteiger partial charge in [0.25, 0.3) is 5.91 Å². The Morgan fingerprint density at radius 2 is 2.07 bits per heavy atom. The fourth-order valence-corrected chi connectivity index (χ4v) is 3.53. The molecule has 0 saturated heterocycles. The van der Waals surface area contributed by atoms with Crippen LogP contribution in [0.1, 0.15) is 42.4 Å². The maximum absolute atomic E-state index is 13.3. The molecule has 30 heavy (non-hydrogen) atoms. The number of aryl methyl sites for hydroxylation is 1. The van der Waals surface area contributed by atoms with Crippen LogP contribution in [0.25, 0.3) is 11.5 Å². The lowest BCUT2D eigenvalue weighted by molar-refractivity contribution is 0.0996. The Morgan fingerprint density at radius 1 is 1.27 bits per heavy atom. The lowest BCUT2D eigenvalue weighted by atomic mass is 10.1. The average Bonchev–Trinajstić information content (AvgIpc) is 3.37. The topological polar surface area (TPSA) is 106 Å². The quantitative estimate of drug-likeness (QED) is 0.669. The SMILES string of the molecule is CCn1cnnc1-c1cccc(N2Cc3c(cc(N(C)C(C)C)nc3CN)C2=O)n1. The maximum atomic E-state index is 13.3. The van der Waals surface area contributed by atoms with Gasteiger partial charge in [0.2, 0.25) is 0 Å². The summed E-state index contributed by atoms with van der Waals surface area (Å²) in [6.45, 7) is 7.59. The Morgan fingerprint density at radius 3 is 2.77 bits per heavy atom. The smallest absolute Gasteiger partial charge is 0.260 e. The van der Waals surface area contributed by atoms with Crippen LogP contribution in [0.4, 0.5) is 11.6 Å². The van der Waals surface area contributed by atoms with Crippen LogP contribution < -0.4 is 15.5 Å². The predicted octanol–water partition coefficient (Wildman–Crippen LogP) is 2.22. The first-order valence-electron chi connectivity index (χ1n) is 10.1. The number of rotatable bonds is 6. The molecule has 0 unspecified atom stereocenters. The van der Waals surface area contributed by atoms with Gasteiger partial charge < -0.3 is 15.2 Å². The van der Waals surface area contributed by atoms with E-state index in [-0.39, 0.29) is 18.5 Å². The summed E-state index contributed by atoms with van der Waals surface area (Å²) in [5, 5.41) is 8.15. The van der Waals surface area contributed by atoms with Gasteiger partial charge in [0, 0.05) is 31.7 Å². The Bertz CT molecular complexity index is 1090. The van der Waals surface area contributed by atoms with Crippen LogP contribution in [-0.2, 0) is 19.6 Å². The zero-order valence-electron chi connectivity index (χ0n) is 17.7. The standard InChI is InChI=1S/C21H26N8O/c1-5-28-12-23-26-20(28)16-7-6-8-18(24-16)29-11-15-14(21(29)30)9-19(25-17(15)10-22)27(4)13(2)3/h6-9,12-13H,5,10-11,22H2,1-4H3. The fraction of sp³-hybridized carbons (Fsp3) is 0.381. The van der Waals surface area contributed by atoms with E-state index < -0.39 is 0 Å². The van der Waals surface area contributed by atoms with Crippen LogP contribution in [0.2, 0.25) is 0 Å². The molecule has 156 valence electrons. The Balaban J connectivity index is 1.72. The molecule has 4 rings (SSSR count). The summed E-state index contributed by atoms with van der Waals surface area (Å²) in [5.74, 6) is 1.90. The average molecular weight is 406 g/mol. The van der Waals surface area contributed by atoms with E-state index >= 15 is 0 Å². The van der Waals surface area contributed by atoms with E-state index in [1.54, 1.807) is 11.2 Å². The van der Waals surface area contributed by atoms with Crippen molar-refractivity contribution in [1.82, 2.24) is 24.7 Å². The first kappa shape index (κ1) is 20.0. The van der Waals surface area contributed by atoms with Gasteiger partial charge in [-0.1, -0.05) is 6.07 Å². The number of carbonyl (C=O) groups excluding carboxylic acids is 1. The minimum Gasteiger partial charge on any atom is -0.357 e. The van der Waals surface area contributed by atoms with Crippen molar-refractivity contribution in [3.8, 4) is 11.5 Å². The molecule has 9 nitrogen and oxygen atoms in total. The highest BCUT2D eigenvalue weighted by Crippen LogP contribution is 2.32. The molecular formula is C21H26N8O. The Kier molecular flexibility index (Phi) is 5.21. The number of fused-ring (bicyclic) bond motifs is 1. The van der Waals surface area contributed by atoms with Gasteiger partial charge in [-0.15, -0.1) is 10.2 Å². The Labute approximate surface area is 175 Å². The number of hydrogen-bond acceptors (Lipinski definition) is 7. The second-order valence-corrected chi connectivity index (χ2v) is 7.57. The molecule has 1 amide bonds. The zero-order chi connectivity index (χ0) is 21.4. The van der Waals surface area contributed by atoms with Crippen molar-refractivity contribution < 1.29 is 4.79 Å². The molecule has 0 atom stereocenters. The van der Waals surface area contributed by atoms with E-state index in [1.807, 2.05) is 47.7 Å². The lowest BCUT2D eigenvalue weighted by Crippen LogP contribution is -2.27. The summed E-state index contributed by atoms with van der Waals surface area (Å²) in [7, 11) is 1.96. The third kappa shape index (κ3) is 3.30. The minimum absolute atomic E-state index is 0.0953. The second kappa shape index (κ2) is 7.83. The molecule has 0 aliphatic carbocycles. The van der Waals surface area contributed by atoms with Gasteiger partial charge in [-0.3, -0.25) is 9.69 Å². The summed E-state index contributed by atoms with van der Waals surface area (Å²) in [4.78, 5) is 26.4. The summed E-state index contributed by atoms with van der Waals surface area (Å²) in [5.41, 5.74) is 8.89. The number of amides is 1. The third-order valence-corrected chi connectivity index (χ3v) is 5.51. The fourth-order valence-electron chi connectivity index (χ4n) is 3.53. The van der Waals surface area contributed by atoms with Crippen molar-refractivity contribution in [3.05, 3.63) is 47.4 Å². The number of hydrogen-bond donors (Lipinski definition) is 1. The van der Waals surface area contributed by atoms with Crippen molar-refractivity contribution in [2.75, 3.05) is 16.8 Å². The maximum Gasteiger partial charge on any atom is 0.260 e. The molecule has 1 aliphatic rings. The van der Waals surface area contributed by atoms with E-state index in [4.69, 9.17) is 15.7 Å². The normalized spacial score (nSPS) is 13.3. The van der Waals surface area contributed by atoms with Gasteiger partial charge in [0.1, 0.15) is 23.7 Å². The van der Waals surface area contributed by atoms with Gasteiger partial charge in [0.15, 0.2) is 5.82 Å². The van der Waals surface area contributed by atoms with Gasteiger partial charge in [-0.05, 0) is 39.0 Å². The lowest BCUT2D eigenvalue weighted by Gasteiger charge is -2.23. The number of anilines is 2. The first-order chi connectivity index (χ1) is 14.4. The molecule has 2 N–H and O–H groups in total. The molecule has 0 radical (unpaired) electrons. The summed E-state index contributed by atoms with van der Waals surface area (Å²) in [6.07, 6.45) is 1.67. The molecule has 0 bridgehead atoms. The van der Waals surface area contributed by atoms with E-state index in [0.29, 0.717) is 29.4 Å². The summed E-state index contributed by atoms with van der Waals surface area (Å²) in [6, 6.07) is 7.69. The van der Waals surface area contributed by atoms with Crippen LogP contribution in [0.5, 0.6) is 0 Å². The number of nitrogens with two attached hydrogens (primary N) is 1. The molecular weight excluding hydrogens is 380 g/mol. The predicted molar refractivity (Wildman–Crippen MR) is 115 cm³/mol. The van der Waals surface area contributed by atoms with E-state index in [1.165, 1.54) is 0 Å². The van der Waals surface area contributed by atoms with Gasteiger partial charge in [0.05, 0.1) is 17.8 Å². The summed E-state index contributed by atoms with van der Waals surface area (Å²) >= 11 is 0. The zero-order valence-corrected chi connectivity index (χ0v) is 17.7. The van der Waals surface area contributed by atoms with Gasteiger partial charge >= 0.3 is 0 Å². The minimum atomic E-state index is -0.0953. The highest BCUT2D eigenvalue weighted by atomic mass is 16.2. The second-order valence-electron chi connectivity index (χ2n) is 7.57. The summed E-state index contributed by atoms with van der Waals surface area (Å²) < 4.78 is 1.91. The van der Waals surface area contributed by atoms with E-state index in [0.717, 1.165) is 23.6 Å². The highest BCUT2D eigenvalue weighted by molar-refractivity contribution is 6.10. The molecule has 4 heterocycles. The highest BCUT2D eigenvalue weighted by Gasteiger charge is 2.33. The van der Waals surface area contributed by atoms with Crippen LogP contribution in [-0.4, -0.2) is 43.7 Å². The largest absolute Gasteiger partial charge is 0.357 e. The van der Waals surface area contributed by atoms with Crippen molar-refractivity contribution in [3.63, 3.8) is 0 Å². The van der Waals surface area contributed by atoms with Crippen molar-refractivity contribution in [1.29, 1.82) is 0 Å². The van der Waals surface area contributed by atoms with Crippen LogP contribution in [0.3, 0.4) is 0 Å².